The molecule has 0 spiro atoms. The van der Waals surface area contributed by atoms with Gasteiger partial charge in [0, 0.05) is 12.8 Å². The summed E-state index contributed by atoms with van der Waals surface area (Å²) in [6.45, 7) is 4.97. The molecule has 444 valence electrons. The number of unbranched alkanes of at least 4 members (excludes halogenated alkanes) is 49. The summed E-state index contributed by atoms with van der Waals surface area (Å²) >= 11 is 0. The van der Waals surface area contributed by atoms with Crippen LogP contribution in [0.2, 0.25) is 0 Å². The predicted molar refractivity (Wildman–Crippen MR) is 329 cm³/mol. The normalized spacial score (nSPS) is 12.6. The number of hydrogen-bond acceptors (Lipinski definition) is 5. The maximum atomic E-state index is 12.5. The van der Waals surface area contributed by atoms with Gasteiger partial charge >= 0.3 is 5.97 Å². The zero-order valence-electron chi connectivity index (χ0n) is 50.8. The zero-order chi connectivity index (χ0) is 54.3. The fourth-order valence-electron chi connectivity index (χ4n) is 10.7. The van der Waals surface area contributed by atoms with Crippen LogP contribution in [-0.2, 0) is 14.3 Å². The summed E-state index contributed by atoms with van der Waals surface area (Å²) in [5.74, 6) is -0.0419. The Kier molecular flexibility index (Phi) is 63.4. The smallest absolute Gasteiger partial charge is 0.305 e. The Morgan fingerprint density at radius 2 is 0.627 bits per heavy atom. The van der Waals surface area contributed by atoms with Crippen molar-refractivity contribution in [2.24, 2.45) is 0 Å². The van der Waals surface area contributed by atoms with E-state index in [2.05, 4.69) is 43.5 Å². The Labute approximate surface area is 469 Å². The van der Waals surface area contributed by atoms with Gasteiger partial charge in [0.25, 0.3) is 0 Å². The standard InChI is InChI=1S/C69H133NO5/c1-3-5-7-9-11-13-15-17-19-21-23-24-26-29-33-37-41-45-49-53-57-61-67(72)66(65-71)70-68(73)62-58-54-50-46-42-38-34-30-27-28-32-36-40-44-48-52-56-60-64-75-69(74)63-59-55-51-47-43-39-35-31-25-22-20-18-16-14-12-10-8-6-4-2/h18,20,30,34,66-67,71-72H,3-17,19,21-29,31-33,35-65H2,1-2H3,(H,70,73)/b20-18-,34-30-. The van der Waals surface area contributed by atoms with Gasteiger partial charge in [0.1, 0.15) is 0 Å². The molecule has 0 aliphatic heterocycles. The van der Waals surface area contributed by atoms with Gasteiger partial charge in [-0.15, -0.1) is 0 Å². The average Bonchev–Trinajstić information content (AvgIpc) is 3.41. The molecule has 6 nitrogen and oxygen atoms in total. The fraction of sp³-hybridized carbons (Fsp3) is 0.913. The van der Waals surface area contributed by atoms with Crippen molar-refractivity contribution in [3.63, 3.8) is 0 Å². The summed E-state index contributed by atoms with van der Waals surface area (Å²) in [6, 6.07) is -0.553. The Morgan fingerprint density at radius 1 is 0.360 bits per heavy atom. The second-order valence-corrected chi connectivity index (χ2v) is 23.5. The van der Waals surface area contributed by atoms with Crippen LogP contribution in [0, 0.1) is 0 Å². The van der Waals surface area contributed by atoms with Crippen LogP contribution in [0.1, 0.15) is 380 Å². The highest BCUT2D eigenvalue weighted by molar-refractivity contribution is 5.76. The Bertz CT molecular complexity index is 1170. The number of aliphatic hydroxyl groups is 2. The van der Waals surface area contributed by atoms with Crippen molar-refractivity contribution in [3.05, 3.63) is 24.3 Å². The minimum absolute atomic E-state index is 0.00358. The summed E-state index contributed by atoms with van der Waals surface area (Å²) in [6.07, 6.45) is 80.6. The molecular formula is C69H133NO5. The maximum Gasteiger partial charge on any atom is 0.305 e. The fourth-order valence-corrected chi connectivity index (χ4v) is 10.7. The molecule has 1 amide bonds. The van der Waals surface area contributed by atoms with Gasteiger partial charge in [-0.05, 0) is 77.0 Å². The third kappa shape index (κ3) is 61.4. The molecule has 0 fully saturated rings. The number of allylic oxidation sites excluding steroid dienone is 4. The Morgan fingerprint density at radius 3 is 0.947 bits per heavy atom. The molecule has 0 aromatic heterocycles. The summed E-state index contributed by atoms with van der Waals surface area (Å²) < 4.78 is 5.50. The molecule has 0 saturated carbocycles. The van der Waals surface area contributed by atoms with Gasteiger partial charge in [0.05, 0.1) is 25.4 Å². The van der Waals surface area contributed by atoms with Crippen molar-refractivity contribution in [1.29, 1.82) is 0 Å². The second kappa shape index (κ2) is 64.9. The van der Waals surface area contributed by atoms with Crippen molar-refractivity contribution < 1.29 is 24.5 Å². The van der Waals surface area contributed by atoms with Crippen molar-refractivity contribution in [2.45, 2.75) is 392 Å². The van der Waals surface area contributed by atoms with Crippen LogP contribution in [0.25, 0.3) is 0 Å². The summed E-state index contributed by atoms with van der Waals surface area (Å²) in [5, 5.41) is 23.4. The Balaban J connectivity index is 3.43. The van der Waals surface area contributed by atoms with Gasteiger partial charge in [-0.2, -0.15) is 0 Å². The van der Waals surface area contributed by atoms with E-state index in [9.17, 15) is 19.8 Å². The number of ether oxygens (including phenoxy) is 1. The average molecular weight is 1060 g/mol. The topological polar surface area (TPSA) is 95.9 Å². The number of esters is 1. The molecule has 0 aromatic carbocycles. The lowest BCUT2D eigenvalue weighted by molar-refractivity contribution is -0.143. The molecule has 75 heavy (non-hydrogen) atoms. The lowest BCUT2D eigenvalue weighted by Crippen LogP contribution is -2.45. The molecule has 2 atom stereocenters. The number of aliphatic hydroxyl groups excluding tert-OH is 2. The molecule has 0 aliphatic rings. The van der Waals surface area contributed by atoms with Gasteiger partial charge in [-0.3, -0.25) is 9.59 Å². The number of amides is 1. The van der Waals surface area contributed by atoms with Crippen LogP contribution in [0.15, 0.2) is 24.3 Å². The molecule has 0 saturated heterocycles. The summed E-state index contributed by atoms with van der Waals surface area (Å²) in [5.41, 5.74) is 0. The van der Waals surface area contributed by atoms with Crippen LogP contribution in [0.5, 0.6) is 0 Å². The van der Waals surface area contributed by atoms with Gasteiger partial charge in [-0.25, -0.2) is 0 Å². The first-order chi connectivity index (χ1) is 37.0. The molecule has 0 aromatic rings. The summed E-state index contributed by atoms with van der Waals surface area (Å²) in [4.78, 5) is 24.6. The minimum Gasteiger partial charge on any atom is -0.466 e. The third-order valence-electron chi connectivity index (χ3n) is 16.0. The number of carbonyl (C=O) groups excluding carboxylic acids is 2. The quantitative estimate of drug-likeness (QED) is 0.0320. The Hall–Kier alpha value is -1.66. The molecule has 3 N–H and O–H groups in total. The van der Waals surface area contributed by atoms with E-state index in [-0.39, 0.29) is 18.5 Å². The highest BCUT2D eigenvalue weighted by Crippen LogP contribution is 2.18. The number of rotatable bonds is 64. The van der Waals surface area contributed by atoms with Crippen LogP contribution >= 0.6 is 0 Å². The van der Waals surface area contributed by atoms with Gasteiger partial charge in [-0.1, -0.05) is 314 Å². The van der Waals surface area contributed by atoms with Crippen molar-refractivity contribution in [2.75, 3.05) is 13.2 Å². The van der Waals surface area contributed by atoms with Gasteiger partial charge < -0.3 is 20.3 Å². The zero-order valence-corrected chi connectivity index (χ0v) is 50.8. The molecule has 0 heterocycles. The van der Waals surface area contributed by atoms with E-state index in [1.54, 1.807) is 0 Å². The number of hydrogen-bond donors (Lipinski definition) is 3. The maximum absolute atomic E-state index is 12.5. The molecule has 6 heteroatoms. The number of nitrogens with one attached hydrogen (secondary N) is 1. The van der Waals surface area contributed by atoms with Crippen LogP contribution in [0.4, 0.5) is 0 Å². The van der Waals surface area contributed by atoms with E-state index in [1.807, 2.05) is 0 Å². The van der Waals surface area contributed by atoms with E-state index < -0.39 is 12.1 Å². The molecular weight excluding hydrogens is 923 g/mol. The molecule has 0 aliphatic carbocycles. The monoisotopic (exact) mass is 1060 g/mol. The van der Waals surface area contributed by atoms with Crippen LogP contribution in [-0.4, -0.2) is 47.4 Å². The first kappa shape index (κ1) is 73.3. The van der Waals surface area contributed by atoms with E-state index in [1.165, 1.54) is 289 Å². The van der Waals surface area contributed by atoms with Crippen molar-refractivity contribution in [3.8, 4) is 0 Å². The highest BCUT2D eigenvalue weighted by Gasteiger charge is 2.20. The lowest BCUT2D eigenvalue weighted by Gasteiger charge is -2.22. The second-order valence-electron chi connectivity index (χ2n) is 23.5. The lowest BCUT2D eigenvalue weighted by atomic mass is 10.0. The van der Waals surface area contributed by atoms with Gasteiger partial charge in [0.15, 0.2) is 0 Å². The molecule has 0 radical (unpaired) electrons. The number of carbonyl (C=O) groups is 2. The van der Waals surface area contributed by atoms with Crippen LogP contribution < -0.4 is 5.32 Å². The molecule has 2 unspecified atom stereocenters. The first-order valence-corrected chi connectivity index (χ1v) is 34.1. The SMILES string of the molecule is CCCCCCCC/C=C\CCCCCCCCCCCC(=O)OCCCCCCCCCCC/C=C\CCCCCCCC(=O)NC(CO)C(O)CCCCCCCCCCCCCCCCCCCCCCC. The predicted octanol–water partition coefficient (Wildman–Crippen LogP) is 21.8. The van der Waals surface area contributed by atoms with E-state index in [4.69, 9.17) is 4.74 Å². The minimum atomic E-state index is -0.674. The van der Waals surface area contributed by atoms with Crippen molar-refractivity contribution in [1.82, 2.24) is 5.32 Å². The summed E-state index contributed by atoms with van der Waals surface area (Å²) in [7, 11) is 0. The van der Waals surface area contributed by atoms with E-state index in [0.29, 0.717) is 25.9 Å². The third-order valence-corrected chi connectivity index (χ3v) is 16.0. The highest BCUT2D eigenvalue weighted by atomic mass is 16.5. The van der Waals surface area contributed by atoms with Gasteiger partial charge in [0.2, 0.25) is 5.91 Å². The largest absolute Gasteiger partial charge is 0.466 e. The molecule has 0 bridgehead atoms. The van der Waals surface area contributed by atoms with E-state index >= 15 is 0 Å². The van der Waals surface area contributed by atoms with Crippen LogP contribution in [0.3, 0.4) is 0 Å². The van der Waals surface area contributed by atoms with Crippen molar-refractivity contribution >= 4 is 11.9 Å². The first-order valence-electron chi connectivity index (χ1n) is 34.1. The molecule has 0 rings (SSSR count). The van der Waals surface area contributed by atoms with E-state index in [0.717, 1.165) is 57.8 Å².